The first-order valence-electron chi connectivity index (χ1n) is 10.6. The number of alkyl halides is 6. The van der Waals surface area contributed by atoms with E-state index in [1.54, 1.807) is 11.3 Å². The van der Waals surface area contributed by atoms with Crippen LogP contribution in [0.5, 0.6) is 0 Å². The number of rotatable bonds is 5. The van der Waals surface area contributed by atoms with E-state index in [1.165, 1.54) is 11.4 Å². The quantitative estimate of drug-likeness (QED) is 0.528. The van der Waals surface area contributed by atoms with Gasteiger partial charge in [-0.25, -0.2) is 14.6 Å². The molecule has 0 bridgehead atoms. The molecule has 0 aromatic carbocycles. The lowest BCUT2D eigenvalue weighted by atomic mass is 10.0. The van der Waals surface area contributed by atoms with Crippen LogP contribution in [0.2, 0.25) is 0 Å². The zero-order chi connectivity index (χ0) is 27.6. The van der Waals surface area contributed by atoms with Crippen LogP contribution < -0.4 is 0 Å². The number of ether oxygens (including phenoxy) is 2. The van der Waals surface area contributed by atoms with E-state index in [2.05, 4.69) is 14.9 Å². The highest BCUT2D eigenvalue weighted by Gasteiger charge is 2.44. The standard InChI is InChI=1S/C17H21N3O2S.2C2HF3O2/c1-2-6-18-13(4-1)12-22-15-10-20(11-16-19-7-9-23-16)14-5-3-8-21-17(14)15;2*3-2(4,5)1(6)7/h1-2,4,6-7,9,14-15,17H,3,5,8,10-12H2;2*(H,6,7)/t14-,15+,17+;;/m0../s1. The summed E-state index contributed by atoms with van der Waals surface area (Å²) in [5, 5.41) is 17.5. The molecule has 2 saturated heterocycles. The normalized spacial score (nSPS) is 21.6. The Kier molecular flexibility index (Phi) is 11.2. The van der Waals surface area contributed by atoms with E-state index in [0.29, 0.717) is 12.6 Å². The number of fused-ring (bicyclic) bond motifs is 1. The summed E-state index contributed by atoms with van der Waals surface area (Å²) in [7, 11) is 0. The fourth-order valence-electron chi connectivity index (χ4n) is 3.51. The minimum absolute atomic E-state index is 0.113. The van der Waals surface area contributed by atoms with Gasteiger partial charge in [0.15, 0.2) is 0 Å². The average molecular weight is 559 g/mol. The maximum Gasteiger partial charge on any atom is 0.490 e. The predicted molar refractivity (Wildman–Crippen MR) is 115 cm³/mol. The molecule has 206 valence electrons. The van der Waals surface area contributed by atoms with Crippen molar-refractivity contribution >= 4 is 23.3 Å². The molecule has 37 heavy (non-hydrogen) atoms. The number of carboxylic acids is 2. The van der Waals surface area contributed by atoms with Gasteiger partial charge in [0.05, 0.1) is 24.9 Å². The summed E-state index contributed by atoms with van der Waals surface area (Å²) < 4.78 is 75.7. The largest absolute Gasteiger partial charge is 0.490 e. The summed E-state index contributed by atoms with van der Waals surface area (Å²) in [6.45, 7) is 3.19. The molecule has 4 rings (SSSR count). The predicted octanol–water partition coefficient (Wildman–Crippen LogP) is 3.75. The molecule has 0 amide bonds. The van der Waals surface area contributed by atoms with Crippen molar-refractivity contribution in [1.29, 1.82) is 0 Å². The Morgan fingerprint density at radius 2 is 1.73 bits per heavy atom. The van der Waals surface area contributed by atoms with Gasteiger partial charge < -0.3 is 19.7 Å². The van der Waals surface area contributed by atoms with Gasteiger partial charge >= 0.3 is 24.3 Å². The van der Waals surface area contributed by atoms with Crippen molar-refractivity contribution in [2.75, 3.05) is 13.2 Å². The molecule has 0 aliphatic carbocycles. The number of aromatic nitrogens is 2. The molecule has 4 heterocycles. The van der Waals surface area contributed by atoms with Gasteiger partial charge in [0.2, 0.25) is 0 Å². The zero-order valence-corrected chi connectivity index (χ0v) is 19.8. The molecular weight excluding hydrogens is 536 g/mol. The summed E-state index contributed by atoms with van der Waals surface area (Å²) in [4.78, 5) is 29.0. The second kappa shape index (κ2) is 13.6. The molecule has 0 radical (unpaired) electrons. The van der Waals surface area contributed by atoms with Crippen LogP contribution in [0.25, 0.3) is 0 Å². The second-order valence-corrected chi connectivity index (χ2v) is 8.66. The summed E-state index contributed by atoms with van der Waals surface area (Å²) in [5.41, 5.74) is 0.971. The second-order valence-electron chi connectivity index (χ2n) is 7.68. The van der Waals surface area contributed by atoms with Crippen LogP contribution in [-0.4, -0.2) is 80.8 Å². The highest BCUT2D eigenvalue weighted by atomic mass is 32.1. The Labute approximate surface area is 210 Å². The van der Waals surface area contributed by atoms with Crippen molar-refractivity contribution in [2.45, 2.75) is 56.6 Å². The first kappa shape index (κ1) is 30.4. The summed E-state index contributed by atoms with van der Waals surface area (Å²) in [5.74, 6) is -5.51. The Hall–Kier alpha value is -2.82. The Morgan fingerprint density at radius 3 is 2.24 bits per heavy atom. The van der Waals surface area contributed by atoms with Gasteiger partial charge in [0.25, 0.3) is 0 Å². The number of likely N-dealkylation sites (tertiary alicyclic amines) is 1. The average Bonchev–Trinajstić information content (AvgIpc) is 3.46. The Bertz CT molecular complexity index is 953. The number of aliphatic carboxylic acids is 2. The van der Waals surface area contributed by atoms with Gasteiger partial charge in [-0.3, -0.25) is 9.88 Å². The van der Waals surface area contributed by atoms with Crippen LogP contribution in [0.4, 0.5) is 26.3 Å². The molecule has 0 spiro atoms. The van der Waals surface area contributed by atoms with E-state index < -0.39 is 24.3 Å². The maximum absolute atomic E-state index is 10.6. The van der Waals surface area contributed by atoms with Gasteiger partial charge in [0.1, 0.15) is 11.1 Å². The molecule has 16 heteroatoms. The van der Waals surface area contributed by atoms with Crippen LogP contribution in [0.1, 0.15) is 23.5 Å². The lowest BCUT2D eigenvalue weighted by molar-refractivity contribution is -0.193. The van der Waals surface area contributed by atoms with E-state index in [4.69, 9.17) is 29.3 Å². The molecule has 2 aromatic rings. The highest BCUT2D eigenvalue weighted by molar-refractivity contribution is 7.09. The number of hydrogen-bond donors (Lipinski definition) is 2. The smallest absolute Gasteiger partial charge is 0.475 e. The van der Waals surface area contributed by atoms with E-state index >= 15 is 0 Å². The zero-order valence-electron chi connectivity index (χ0n) is 19.0. The fourth-order valence-corrected chi connectivity index (χ4v) is 4.15. The number of thiazole rings is 1. The molecule has 2 aromatic heterocycles. The van der Waals surface area contributed by atoms with E-state index in [-0.39, 0.29) is 12.2 Å². The maximum atomic E-state index is 10.6. The lowest BCUT2D eigenvalue weighted by Gasteiger charge is -2.32. The molecule has 2 N–H and O–H groups in total. The fraction of sp³-hybridized carbons (Fsp3) is 0.524. The van der Waals surface area contributed by atoms with Crippen molar-refractivity contribution < 1.29 is 55.6 Å². The third-order valence-corrected chi connectivity index (χ3v) is 5.83. The molecular formula is C21H23F6N3O6S. The summed E-state index contributed by atoms with van der Waals surface area (Å²) >= 11 is 1.72. The van der Waals surface area contributed by atoms with E-state index in [1.807, 2.05) is 36.0 Å². The molecule has 0 unspecified atom stereocenters. The number of carboxylic acid groups (broad SMARTS) is 2. The van der Waals surface area contributed by atoms with Crippen LogP contribution in [0.3, 0.4) is 0 Å². The summed E-state index contributed by atoms with van der Waals surface area (Å²) in [6.07, 6.45) is -3.89. The molecule has 2 aliphatic rings. The summed E-state index contributed by atoms with van der Waals surface area (Å²) in [6, 6.07) is 6.37. The van der Waals surface area contributed by atoms with Crippen LogP contribution in [-0.2, 0) is 32.2 Å². The van der Waals surface area contributed by atoms with Crippen molar-refractivity contribution in [1.82, 2.24) is 14.9 Å². The first-order chi connectivity index (χ1) is 17.3. The van der Waals surface area contributed by atoms with Crippen molar-refractivity contribution in [3.8, 4) is 0 Å². The third-order valence-electron chi connectivity index (χ3n) is 5.06. The molecule has 2 fully saturated rings. The van der Waals surface area contributed by atoms with Gasteiger partial charge in [0, 0.05) is 37.0 Å². The molecule has 9 nitrogen and oxygen atoms in total. The number of hydrogen-bond acceptors (Lipinski definition) is 8. The van der Waals surface area contributed by atoms with Crippen LogP contribution in [0.15, 0.2) is 36.0 Å². The van der Waals surface area contributed by atoms with Gasteiger partial charge in [-0.2, -0.15) is 26.3 Å². The van der Waals surface area contributed by atoms with Gasteiger partial charge in [-0.15, -0.1) is 11.3 Å². The number of carbonyl (C=O) groups is 2. The van der Waals surface area contributed by atoms with E-state index in [0.717, 1.165) is 31.8 Å². The Morgan fingerprint density at radius 1 is 1.08 bits per heavy atom. The van der Waals surface area contributed by atoms with Crippen molar-refractivity contribution in [3.05, 3.63) is 46.7 Å². The van der Waals surface area contributed by atoms with Crippen molar-refractivity contribution in [2.24, 2.45) is 0 Å². The minimum Gasteiger partial charge on any atom is -0.475 e. The number of nitrogens with zero attached hydrogens (tertiary/aromatic N) is 3. The number of halogens is 6. The van der Waals surface area contributed by atoms with Gasteiger partial charge in [-0.1, -0.05) is 6.07 Å². The first-order valence-corrected chi connectivity index (χ1v) is 11.5. The van der Waals surface area contributed by atoms with E-state index in [9.17, 15) is 26.3 Å². The number of pyridine rings is 1. The Balaban J connectivity index is 0.000000286. The van der Waals surface area contributed by atoms with Crippen molar-refractivity contribution in [3.63, 3.8) is 0 Å². The molecule has 0 saturated carbocycles. The lowest BCUT2D eigenvalue weighted by Crippen LogP contribution is -2.41. The molecule has 2 aliphatic heterocycles. The van der Waals surface area contributed by atoms with Crippen LogP contribution >= 0.6 is 11.3 Å². The van der Waals surface area contributed by atoms with Gasteiger partial charge in [-0.05, 0) is 25.0 Å². The van der Waals surface area contributed by atoms with Crippen LogP contribution in [0, 0.1) is 0 Å². The SMILES string of the molecule is O=C(O)C(F)(F)F.O=C(O)C(F)(F)F.c1ccc(CO[C@@H]2CN(Cc3nccs3)[C@H]3CCCO[C@@H]23)nc1. The monoisotopic (exact) mass is 559 g/mol. The highest BCUT2D eigenvalue weighted by Crippen LogP contribution is 2.32. The molecule has 3 atom stereocenters. The minimum atomic E-state index is -5.08. The third kappa shape index (κ3) is 10.2. The topological polar surface area (TPSA) is 122 Å².